The maximum Gasteiger partial charge on any atom is 0.401 e. The molecule has 0 heterocycles. The van der Waals surface area contributed by atoms with Crippen LogP contribution < -0.4 is 5.32 Å². The molecule has 114 valence electrons. The van der Waals surface area contributed by atoms with Gasteiger partial charge in [-0.3, -0.25) is 4.90 Å². The van der Waals surface area contributed by atoms with Gasteiger partial charge in [-0.2, -0.15) is 13.2 Å². The van der Waals surface area contributed by atoms with E-state index in [1.54, 1.807) is 26.1 Å². The van der Waals surface area contributed by atoms with Gasteiger partial charge in [0.2, 0.25) is 0 Å². The normalized spacial score (nSPS) is 13.8. The molecule has 0 bridgehead atoms. The second-order valence-electron chi connectivity index (χ2n) is 4.67. The van der Waals surface area contributed by atoms with Crippen LogP contribution in [0.1, 0.15) is 24.9 Å². The molecule has 0 aromatic heterocycles. The van der Waals surface area contributed by atoms with Crippen LogP contribution in [-0.4, -0.2) is 37.8 Å². The smallest absolute Gasteiger partial charge is 0.313 e. The van der Waals surface area contributed by atoms with Crippen LogP contribution in [0, 0.1) is 5.82 Å². The Morgan fingerprint density at radius 3 is 2.25 bits per heavy atom. The van der Waals surface area contributed by atoms with Crippen molar-refractivity contribution in [2.24, 2.45) is 0 Å². The van der Waals surface area contributed by atoms with E-state index in [9.17, 15) is 17.6 Å². The molecule has 0 aliphatic rings. The summed E-state index contributed by atoms with van der Waals surface area (Å²) in [6.07, 6.45) is -3.65. The largest absolute Gasteiger partial charge is 0.401 e. The molecule has 0 spiro atoms. The Balaban J connectivity index is 2.58. The van der Waals surface area contributed by atoms with Crippen molar-refractivity contribution < 1.29 is 17.6 Å². The molecule has 1 rings (SSSR count). The minimum Gasteiger partial charge on any atom is -0.313 e. The first-order valence-corrected chi connectivity index (χ1v) is 6.57. The third-order valence-corrected chi connectivity index (χ3v) is 3.20. The summed E-state index contributed by atoms with van der Waals surface area (Å²) in [7, 11) is 1.74. The first-order chi connectivity index (χ1) is 9.35. The van der Waals surface area contributed by atoms with E-state index in [1.165, 1.54) is 17.0 Å². The Morgan fingerprint density at radius 1 is 1.20 bits per heavy atom. The zero-order chi connectivity index (χ0) is 15.2. The molecule has 1 atom stereocenters. The minimum atomic E-state index is -4.18. The van der Waals surface area contributed by atoms with Gasteiger partial charge in [-0.1, -0.05) is 19.1 Å². The van der Waals surface area contributed by atoms with Crippen LogP contribution in [0.3, 0.4) is 0 Å². The van der Waals surface area contributed by atoms with E-state index in [1.807, 2.05) is 0 Å². The van der Waals surface area contributed by atoms with Gasteiger partial charge in [0.25, 0.3) is 0 Å². The maximum atomic E-state index is 12.9. The van der Waals surface area contributed by atoms with E-state index in [0.717, 1.165) is 5.56 Å². The van der Waals surface area contributed by atoms with Crippen molar-refractivity contribution in [3.8, 4) is 0 Å². The Bertz CT molecular complexity index is 389. The van der Waals surface area contributed by atoms with Crippen molar-refractivity contribution in [2.45, 2.75) is 25.6 Å². The van der Waals surface area contributed by atoms with Crippen LogP contribution in [0.15, 0.2) is 24.3 Å². The highest BCUT2D eigenvalue weighted by molar-refractivity contribution is 5.19. The van der Waals surface area contributed by atoms with Gasteiger partial charge < -0.3 is 5.32 Å². The van der Waals surface area contributed by atoms with Crippen LogP contribution >= 0.6 is 0 Å². The molecule has 0 fully saturated rings. The Hall–Kier alpha value is -1.14. The predicted molar refractivity (Wildman–Crippen MR) is 71.0 cm³/mol. The summed E-state index contributed by atoms with van der Waals surface area (Å²) in [4.78, 5) is 1.36. The number of halogens is 4. The molecular formula is C14H20F4N2. The SMILES string of the molecule is CCN(CCC(NC)c1ccc(F)cc1)CC(F)(F)F. The molecule has 20 heavy (non-hydrogen) atoms. The van der Waals surface area contributed by atoms with Crippen molar-refractivity contribution in [1.82, 2.24) is 10.2 Å². The van der Waals surface area contributed by atoms with E-state index in [4.69, 9.17) is 0 Å². The van der Waals surface area contributed by atoms with Gasteiger partial charge in [0.05, 0.1) is 6.54 Å². The highest BCUT2D eigenvalue weighted by Crippen LogP contribution is 2.20. The fourth-order valence-corrected chi connectivity index (χ4v) is 2.09. The number of hydrogen-bond donors (Lipinski definition) is 1. The van der Waals surface area contributed by atoms with E-state index < -0.39 is 12.7 Å². The van der Waals surface area contributed by atoms with Gasteiger partial charge in [0.15, 0.2) is 0 Å². The summed E-state index contributed by atoms with van der Waals surface area (Å²) >= 11 is 0. The highest BCUT2D eigenvalue weighted by Gasteiger charge is 2.30. The van der Waals surface area contributed by atoms with Gasteiger partial charge in [-0.15, -0.1) is 0 Å². The van der Waals surface area contributed by atoms with Crippen molar-refractivity contribution in [2.75, 3.05) is 26.7 Å². The highest BCUT2D eigenvalue weighted by atomic mass is 19.4. The number of nitrogens with one attached hydrogen (secondary N) is 1. The van der Waals surface area contributed by atoms with Gasteiger partial charge in [0.1, 0.15) is 5.82 Å². The summed E-state index contributed by atoms with van der Waals surface area (Å²) in [6.45, 7) is 1.49. The molecule has 0 aliphatic carbocycles. The summed E-state index contributed by atoms with van der Waals surface area (Å²) in [5.41, 5.74) is 0.872. The number of rotatable bonds is 7. The molecule has 0 radical (unpaired) electrons. The molecule has 1 N–H and O–H groups in total. The van der Waals surface area contributed by atoms with Gasteiger partial charge in [-0.05, 0) is 37.7 Å². The van der Waals surface area contributed by atoms with E-state index in [2.05, 4.69) is 5.32 Å². The first-order valence-electron chi connectivity index (χ1n) is 6.57. The van der Waals surface area contributed by atoms with Crippen LogP contribution in [-0.2, 0) is 0 Å². The quantitative estimate of drug-likeness (QED) is 0.775. The average Bonchev–Trinajstić information content (AvgIpc) is 2.38. The molecule has 6 heteroatoms. The average molecular weight is 292 g/mol. The van der Waals surface area contributed by atoms with Crippen molar-refractivity contribution in [3.05, 3.63) is 35.6 Å². The fourth-order valence-electron chi connectivity index (χ4n) is 2.09. The minimum absolute atomic E-state index is 0.0853. The fraction of sp³-hybridized carbons (Fsp3) is 0.571. The molecule has 1 unspecified atom stereocenters. The van der Waals surface area contributed by atoms with Crippen molar-refractivity contribution in [1.29, 1.82) is 0 Å². The Labute approximate surface area is 116 Å². The molecule has 0 saturated carbocycles. The van der Waals surface area contributed by atoms with Gasteiger partial charge >= 0.3 is 6.18 Å². The second kappa shape index (κ2) is 7.59. The first kappa shape index (κ1) is 16.9. The molecular weight excluding hydrogens is 272 g/mol. The number of hydrogen-bond acceptors (Lipinski definition) is 2. The maximum absolute atomic E-state index is 12.9. The third-order valence-electron chi connectivity index (χ3n) is 3.20. The lowest BCUT2D eigenvalue weighted by Crippen LogP contribution is -2.36. The van der Waals surface area contributed by atoms with Crippen LogP contribution in [0.2, 0.25) is 0 Å². The van der Waals surface area contributed by atoms with Gasteiger partial charge in [-0.25, -0.2) is 4.39 Å². The lowest BCUT2D eigenvalue weighted by atomic mass is 10.0. The molecule has 1 aromatic rings. The van der Waals surface area contributed by atoms with Crippen LogP contribution in [0.4, 0.5) is 17.6 Å². The zero-order valence-electron chi connectivity index (χ0n) is 11.7. The van der Waals surface area contributed by atoms with E-state index in [-0.39, 0.29) is 11.9 Å². The van der Waals surface area contributed by atoms with Crippen LogP contribution in [0.5, 0.6) is 0 Å². The van der Waals surface area contributed by atoms with Crippen molar-refractivity contribution >= 4 is 0 Å². The number of benzene rings is 1. The lowest BCUT2D eigenvalue weighted by molar-refractivity contribution is -0.145. The van der Waals surface area contributed by atoms with E-state index >= 15 is 0 Å². The standard InChI is InChI=1S/C14H20F4N2/c1-3-20(10-14(16,17)18)9-8-13(19-2)11-4-6-12(15)7-5-11/h4-7,13,19H,3,8-10H2,1-2H3. The molecule has 0 aliphatic heterocycles. The molecule has 0 amide bonds. The summed E-state index contributed by atoms with van der Waals surface area (Å²) in [5, 5.41) is 3.05. The second-order valence-corrected chi connectivity index (χ2v) is 4.67. The Kier molecular flexibility index (Phi) is 6.42. The zero-order valence-corrected chi connectivity index (χ0v) is 11.7. The lowest BCUT2D eigenvalue weighted by Gasteiger charge is -2.25. The number of alkyl halides is 3. The van der Waals surface area contributed by atoms with Crippen LogP contribution in [0.25, 0.3) is 0 Å². The molecule has 2 nitrogen and oxygen atoms in total. The Morgan fingerprint density at radius 2 is 1.80 bits per heavy atom. The van der Waals surface area contributed by atoms with Gasteiger partial charge in [0, 0.05) is 12.6 Å². The predicted octanol–water partition coefficient (Wildman–Crippen LogP) is 3.36. The summed E-state index contributed by atoms with van der Waals surface area (Å²) in [5.74, 6) is -0.323. The molecule has 1 aromatic carbocycles. The van der Waals surface area contributed by atoms with E-state index in [0.29, 0.717) is 19.5 Å². The monoisotopic (exact) mass is 292 g/mol. The summed E-state index contributed by atoms with van der Waals surface area (Å²) < 4.78 is 50.0. The topological polar surface area (TPSA) is 15.3 Å². The summed E-state index contributed by atoms with van der Waals surface area (Å²) in [6, 6.07) is 5.92. The number of nitrogens with zero attached hydrogens (tertiary/aromatic N) is 1. The molecule has 0 saturated heterocycles. The van der Waals surface area contributed by atoms with Crippen molar-refractivity contribution in [3.63, 3.8) is 0 Å². The third kappa shape index (κ3) is 5.88.